The number of benzene rings is 3. The summed E-state index contributed by atoms with van der Waals surface area (Å²) >= 11 is 5.99. The molecule has 1 N–H and O–H groups in total. The lowest BCUT2D eigenvalue weighted by molar-refractivity contribution is 0.0118. The van der Waals surface area contributed by atoms with Gasteiger partial charge in [0.1, 0.15) is 0 Å². The number of hydrogen-bond donors (Lipinski definition) is 1. The quantitative estimate of drug-likeness (QED) is 0.529. The van der Waals surface area contributed by atoms with Crippen molar-refractivity contribution in [3.63, 3.8) is 0 Å². The standard InChI is InChI=1S/C27H30ClNO/c1-20-3-4-23(19-21(20)2)6-5-22-7-13-26(14-8-22)29-17-15-27(30,16-18-29)24-9-11-25(28)12-10-24/h3-4,7-14,19,30H,5-6,15-18H2,1-2H3. The van der Waals surface area contributed by atoms with Crippen molar-refractivity contribution in [2.75, 3.05) is 18.0 Å². The molecule has 1 heterocycles. The summed E-state index contributed by atoms with van der Waals surface area (Å²) in [6, 6.07) is 23.3. The summed E-state index contributed by atoms with van der Waals surface area (Å²) in [5.41, 5.74) is 6.94. The van der Waals surface area contributed by atoms with Crippen LogP contribution in [0.1, 0.15) is 40.7 Å². The van der Waals surface area contributed by atoms with Crippen molar-refractivity contribution < 1.29 is 5.11 Å². The fraction of sp³-hybridized carbons (Fsp3) is 0.333. The Morgan fingerprint density at radius 3 is 2.03 bits per heavy atom. The number of hydrogen-bond acceptors (Lipinski definition) is 2. The maximum absolute atomic E-state index is 11.1. The van der Waals surface area contributed by atoms with Crippen LogP contribution in [0.5, 0.6) is 0 Å². The summed E-state index contributed by atoms with van der Waals surface area (Å²) < 4.78 is 0. The third-order valence-electron chi connectivity index (χ3n) is 6.55. The molecule has 0 amide bonds. The summed E-state index contributed by atoms with van der Waals surface area (Å²) in [6.45, 7) is 6.04. The van der Waals surface area contributed by atoms with Gasteiger partial charge in [-0.25, -0.2) is 0 Å². The Balaban J connectivity index is 1.34. The Morgan fingerprint density at radius 2 is 1.40 bits per heavy atom. The second kappa shape index (κ2) is 8.83. The van der Waals surface area contributed by atoms with E-state index < -0.39 is 5.60 Å². The zero-order valence-electron chi connectivity index (χ0n) is 17.9. The van der Waals surface area contributed by atoms with Gasteiger partial charge in [-0.3, -0.25) is 0 Å². The second-order valence-corrected chi connectivity index (χ2v) is 9.05. The molecule has 1 saturated heterocycles. The molecule has 0 unspecified atom stereocenters. The number of halogens is 1. The predicted octanol–water partition coefficient (Wildman–Crippen LogP) is 6.23. The second-order valence-electron chi connectivity index (χ2n) is 8.61. The largest absolute Gasteiger partial charge is 0.385 e. The fourth-order valence-electron chi connectivity index (χ4n) is 4.30. The van der Waals surface area contributed by atoms with Crippen LogP contribution in [0.4, 0.5) is 5.69 Å². The van der Waals surface area contributed by atoms with E-state index in [0.717, 1.165) is 44.3 Å². The van der Waals surface area contributed by atoms with Crippen LogP contribution < -0.4 is 4.90 Å². The van der Waals surface area contributed by atoms with Crippen molar-refractivity contribution in [1.29, 1.82) is 0 Å². The molecule has 3 aromatic rings. The van der Waals surface area contributed by atoms with E-state index in [-0.39, 0.29) is 0 Å². The normalized spacial score (nSPS) is 15.9. The lowest BCUT2D eigenvalue weighted by Gasteiger charge is -2.39. The van der Waals surface area contributed by atoms with E-state index in [1.165, 1.54) is 27.9 Å². The van der Waals surface area contributed by atoms with Gasteiger partial charge in [-0.05, 0) is 91.6 Å². The highest BCUT2D eigenvalue weighted by atomic mass is 35.5. The first kappa shape index (κ1) is 21.0. The van der Waals surface area contributed by atoms with Crippen LogP contribution in [0.25, 0.3) is 0 Å². The van der Waals surface area contributed by atoms with Crippen molar-refractivity contribution >= 4 is 17.3 Å². The van der Waals surface area contributed by atoms with Crippen LogP contribution >= 0.6 is 11.6 Å². The molecule has 3 aromatic carbocycles. The third-order valence-corrected chi connectivity index (χ3v) is 6.80. The highest BCUT2D eigenvalue weighted by molar-refractivity contribution is 6.30. The lowest BCUT2D eigenvalue weighted by Crippen LogP contribution is -2.42. The smallest absolute Gasteiger partial charge is 0.0930 e. The van der Waals surface area contributed by atoms with E-state index in [1.54, 1.807) is 0 Å². The van der Waals surface area contributed by atoms with Crippen LogP contribution in [0.3, 0.4) is 0 Å². The van der Waals surface area contributed by atoms with Gasteiger partial charge >= 0.3 is 0 Å². The Morgan fingerprint density at radius 1 is 0.800 bits per heavy atom. The fourth-order valence-corrected chi connectivity index (χ4v) is 4.43. The first-order valence-electron chi connectivity index (χ1n) is 10.8. The SMILES string of the molecule is Cc1ccc(CCc2ccc(N3CCC(O)(c4ccc(Cl)cc4)CC3)cc2)cc1C. The van der Waals surface area contributed by atoms with Crippen LogP contribution in [0.15, 0.2) is 66.7 Å². The average molecular weight is 420 g/mol. The molecule has 0 spiro atoms. The Bertz CT molecular complexity index is 986. The molecule has 0 saturated carbocycles. The number of nitrogens with zero attached hydrogens (tertiary/aromatic N) is 1. The van der Waals surface area contributed by atoms with Crippen molar-refractivity contribution in [2.45, 2.75) is 45.1 Å². The minimum absolute atomic E-state index is 0.706. The van der Waals surface area contributed by atoms with E-state index >= 15 is 0 Å². The van der Waals surface area contributed by atoms with Gasteiger partial charge < -0.3 is 10.0 Å². The highest BCUT2D eigenvalue weighted by Crippen LogP contribution is 2.35. The Labute approximate surface area is 185 Å². The predicted molar refractivity (Wildman–Crippen MR) is 127 cm³/mol. The van der Waals surface area contributed by atoms with Gasteiger partial charge in [0.25, 0.3) is 0 Å². The molecule has 0 bridgehead atoms. The van der Waals surface area contributed by atoms with Crippen LogP contribution in [-0.2, 0) is 18.4 Å². The molecular formula is C27H30ClNO. The van der Waals surface area contributed by atoms with Gasteiger partial charge in [0, 0.05) is 23.8 Å². The summed E-state index contributed by atoms with van der Waals surface area (Å²) in [4.78, 5) is 2.37. The minimum Gasteiger partial charge on any atom is -0.385 e. The van der Waals surface area contributed by atoms with E-state index in [2.05, 4.69) is 61.2 Å². The first-order valence-corrected chi connectivity index (χ1v) is 11.2. The minimum atomic E-state index is -0.757. The summed E-state index contributed by atoms with van der Waals surface area (Å²) in [7, 11) is 0. The van der Waals surface area contributed by atoms with E-state index in [9.17, 15) is 5.11 Å². The molecule has 1 aliphatic rings. The highest BCUT2D eigenvalue weighted by Gasteiger charge is 2.33. The number of aryl methyl sites for hydroxylation is 4. The van der Waals surface area contributed by atoms with E-state index in [1.807, 2.05) is 24.3 Å². The monoisotopic (exact) mass is 419 g/mol. The van der Waals surface area contributed by atoms with Crippen LogP contribution in [-0.4, -0.2) is 18.2 Å². The molecule has 4 rings (SSSR count). The third kappa shape index (κ3) is 4.71. The van der Waals surface area contributed by atoms with E-state index in [0.29, 0.717) is 5.02 Å². The van der Waals surface area contributed by atoms with Gasteiger partial charge in [0.05, 0.1) is 5.60 Å². The Kier molecular flexibility index (Phi) is 6.17. The molecule has 0 aliphatic carbocycles. The van der Waals surface area contributed by atoms with Crippen molar-refractivity contribution in [1.82, 2.24) is 0 Å². The van der Waals surface area contributed by atoms with Gasteiger partial charge in [0.2, 0.25) is 0 Å². The molecule has 2 nitrogen and oxygen atoms in total. The molecule has 156 valence electrons. The summed E-state index contributed by atoms with van der Waals surface area (Å²) in [5.74, 6) is 0. The summed E-state index contributed by atoms with van der Waals surface area (Å²) in [5, 5.41) is 11.8. The molecule has 1 aliphatic heterocycles. The van der Waals surface area contributed by atoms with Crippen molar-refractivity contribution in [3.05, 3.63) is 99.6 Å². The molecule has 0 atom stereocenters. The number of piperidine rings is 1. The van der Waals surface area contributed by atoms with Crippen molar-refractivity contribution in [2.24, 2.45) is 0 Å². The molecule has 30 heavy (non-hydrogen) atoms. The topological polar surface area (TPSA) is 23.5 Å². The molecule has 0 radical (unpaired) electrons. The zero-order chi connectivity index (χ0) is 21.1. The number of rotatable bonds is 5. The average Bonchev–Trinajstić information content (AvgIpc) is 2.76. The van der Waals surface area contributed by atoms with Crippen molar-refractivity contribution in [3.8, 4) is 0 Å². The molecule has 3 heteroatoms. The zero-order valence-corrected chi connectivity index (χ0v) is 18.6. The van der Waals surface area contributed by atoms with Crippen LogP contribution in [0.2, 0.25) is 5.02 Å². The van der Waals surface area contributed by atoms with Crippen LogP contribution in [0, 0.1) is 13.8 Å². The van der Waals surface area contributed by atoms with Gasteiger partial charge in [0.15, 0.2) is 0 Å². The first-order chi connectivity index (χ1) is 14.4. The van der Waals surface area contributed by atoms with Gasteiger partial charge in [-0.1, -0.05) is 54.1 Å². The summed E-state index contributed by atoms with van der Waals surface area (Å²) in [6.07, 6.45) is 3.57. The lowest BCUT2D eigenvalue weighted by atomic mass is 9.84. The maximum Gasteiger partial charge on any atom is 0.0930 e. The molecule has 1 fully saturated rings. The number of anilines is 1. The number of aliphatic hydroxyl groups is 1. The molecule has 0 aromatic heterocycles. The molecular weight excluding hydrogens is 390 g/mol. The van der Waals surface area contributed by atoms with E-state index in [4.69, 9.17) is 11.6 Å². The maximum atomic E-state index is 11.1. The van der Waals surface area contributed by atoms with Gasteiger partial charge in [-0.15, -0.1) is 0 Å². The Hall–Kier alpha value is -2.29. The van der Waals surface area contributed by atoms with Gasteiger partial charge in [-0.2, -0.15) is 0 Å².